The molecule has 1 unspecified atom stereocenters. The molecule has 188 valence electrons. The molecule has 0 spiro atoms. The van der Waals surface area contributed by atoms with E-state index in [1.165, 1.54) is 16.5 Å². The number of fused-ring (bicyclic) bond motifs is 1. The third-order valence-electron chi connectivity index (χ3n) is 5.57. The van der Waals surface area contributed by atoms with E-state index in [4.69, 9.17) is 18.9 Å². The molecule has 0 aliphatic carbocycles. The molecule has 0 fully saturated rings. The first-order valence-corrected chi connectivity index (χ1v) is 13.2. The van der Waals surface area contributed by atoms with Crippen molar-refractivity contribution < 1.29 is 18.7 Å². The van der Waals surface area contributed by atoms with Gasteiger partial charge in [-0.15, -0.1) is 21.5 Å². The Morgan fingerprint density at radius 3 is 2.46 bits per heavy atom. The lowest BCUT2D eigenvalue weighted by atomic mass is 10.1. The maximum Gasteiger partial charge on any atom is 0.277 e. The van der Waals surface area contributed by atoms with Gasteiger partial charge < -0.3 is 19.2 Å². The normalized spacial score (nSPS) is 11.9. The summed E-state index contributed by atoms with van der Waals surface area (Å²) in [6.07, 6.45) is 0.748. The van der Waals surface area contributed by atoms with Crippen LogP contribution in [0.1, 0.15) is 17.5 Å². The number of thioether (sulfide) groups is 1. The summed E-state index contributed by atoms with van der Waals surface area (Å²) in [5, 5.41) is 12.0. The van der Waals surface area contributed by atoms with Gasteiger partial charge in [0.2, 0.25) is 11.8 Å². The Morgan fingerprint density at radius 2 is 1.76 bits per heavy atom. The fourth-order valence-corrected chi connectivity index (χ4v) is 5.31. The van der Waals surface area contributed by atoms with Gasteiger partial charge in [0.15, 0.2) is 0 Å². The Bertz CT molecular complexity index is 1480. The van der Waals surface area contributed by atoms with Crippen LogP contribution in [0, 0.1) is 0 Å². The van der Waals surface area contributed by atoms with Crippen LogP contribution in [0.3, 0.4) is 0 Å². The summed E-state index contributed by atoms with van der Waals surface area (Å²) < 4.78 is 17.6. The van der Waals surface area contributed by atoms with Crippen molar-refractivity contribution >= 4 is 44.9 Å². The highest BCUT2D eigenvalue weighted by Crippen LogP contribution is 2.32. The second-order valence-corrected chi connectivity index (χ2v) is 10.6. The van der Waals surface area contributed by atoms with E-state index in [-0.39, 0.29) is 5.91 Å². The number of carbonyl (C=O) groups excluding carboxylic acids is 1. The number of methoxy groups -OCH3 is 2. The molecule has 37 heavy (non-hydrogen) atoms. The third kappa shape index (κ3) is 5.92. The fourth-order valence-electron chi connectivity index (χ4n) is 3.63. The molecule has 8 nitrogen and oxygen atoms in total. The van der Waals surface area contributed by atoms with Gasteiger partial charge in [-0.2, -0.15) is 0 Å². The molecule has 0 saturated heterocycles. The first-order valence-electron chi connectivity index (χ1n) is 11.5. The molecule has 1 amide bonds. The molecule has 3 aromatic carbocycles. The molecule has 0 aliphatic rings. The number of nitrogens with zero attached hydrogens (tertiary/aromatic N) is 3. The molecule has 0 aliphatic heterocycles. The fraction of sp³-hybridized carbons (Fsp3) is 0.185. The first kappa shape index (κ1) is 24.8. The summed E-state index contributed by atoms with van der Waals surface area (Å²) >= 11 is 2.89. The highest BCUT2D eigenvalue weighted by molar-refractivity contribution is 8.00. The number of benzene rings is 3. The van der Waals surface area contributed by atoms with Crippen molar-refractivity contribution in [3.63, 3.8) is 0 Å². The Hall–Kier alpha value is -3.89. The monoisotopic (exact) mass is 532 g/mol. The lowest BCUT2D eigenvalue weighted by Crippen LogP contribution is -2.22. The van der Waals surface area contributed by atoms with Crippen LogP contribution in [0.2, 0.25) is 0 Å². The van der Waals surface area contributed by atoms with Crippen LogP contribution < -0.4 is 14.8 Å². The van der Waals surface area contributed by atoms with Gasteiger partial charge in [-0.05, 0) is 48.9 Å². The van der Waals surface area contributed by atoms with Gasteiger partial charge >= 0.3 is 0 Å². The second-order valence-electron chi connectivity index (χ2n) is 8.17. The number of thiazole rings is 1. The number of aromatic nitrogens is 3. The first-order chi connectivity index (χ1) is 18.0. The van der Waals surface area contributed by atoms with E-state index in [2.05, 4.69) is 21.6 Å². The SMILES string of the molecule is COc1cc(OC)cc(-c2nnc(SC(C)C(=O)Nc3ccc(Cc4nc5ccccc5s4)cc3)o2)c1. The Kier molecular flexibility index (Phi) is 7.38. The predicted octanol–water partition coefficient (Wildman–Crippen LogP) is 6.07. The molecule has 0 bridgehead atoms. The molecule has 5 aromatic rings. The standard InChI is InChI=1S/C27H24N4O4S2/c1-16(36-27-31-30-26(35-27)18-13-20(33-2)15-21(14-18)34-3)25(32)28-19-10-8-17(9-11-19)12-24-29-22-6-4-5-7-23(22)37-24/h4-11,13-16H,12H2,1-3H3,(H,28,32). The van der Waals surface area contributed by atoms with Gasteiger partial charge in [0.1, 0.15) is 11.5 Å². The Morgan fingerprint density at radius 1 is 1.03 bits per heavy atom. The highest BCUT2D eigenvalue weighted by Gasteiger charge is 2.19. The lowest BCUT2D eigenvalue weighted by Gasteiger charge is -2.10. The number of hydrogen-bond donors (Lipinski definition) is 1. The quantitative estimate of drug-likeness (QED) is 0.228. The summed E-state index contributed by atoms with van der Waals surface area (Å²) in [5.41, 5.74) is 3.54. The number of amides is 1. The molecule has 5 rings (SSSR count). The van der Waals surface area contributed by atoms with E-state index in [1.807, 2.05) is 42.5 Å². The summed E-state index contributed by atoms with van der Waals surface area (Å²) in [6.45, 7) is 1.79. The molecule has 2 heterocycles. The van der Waals surface area contributed by atoms with Gasteiger partial charge in [-0.25, -0.2) is 4.98 Å². The van der Waals surface area contributed by atoms with Crippen molar-refractivity contribution in [1.29, 1.82) is 0 Å². The van der Waals surface area contributed by atoms with E-state index in [0.29, 0.717) is 28.2 Å². The average Bonchev–Trinajstić information content (AvgIpc) is 3.56. The molecule has 10 heteroatoms. The number of anilines is 1. The van der Waals surface area contributed by atoms with Gasteiger partial charge in [-0.1, -0.05) is 36.0 Å². The maximum atomic E-state index is 12.8. The van der Waals surface area contributed by atoms with E-state index < -0.39 is 5.25 Å². The molecular formula is C27H24N4O4S2. The van der Waals surface area contributed by atoms with Crippen LogP contribution in [0.25, 0.3) is 21.7 Å². The molecule has 0 saturated carbocycles. The minimum Gasteiger partial charge on any atom is -0.497 e. The zero-order chi connectivity index (χ0) is 25.8. The number of rotatable bonds is 9. The number of para-hydroxylation sites is 1. The zero-order valence-corrected chi connectivity index (χ0v) is 22.1. The molecule has 2 aromatic heterocycles. The van der Waals surface area contributed by atoms with Crippen LogP contribution in [-0.4, -0.2) is 40.6 Å². The van der Waals surface area contributed by atoms with Crippen LogP contribution in [0.5, 0.6) is 11.5 Å². The van der Waals surface area contributed by atoms with Gasteiger partial charge in [-0.3, -0.25) is 4.79 Å². The minimum absolute atomic E-state index is 0.160. The van der Waals surface area contributed by atoms with Gasteiger partial charge in [0, 0.05) is 23.7 Å². The number of hydrogen-bond acceptors (Lipinski definition) is 9. The van der Waals surface area contributed by atoms with Gasteiger partial charge in [0.05, 0.1) is 34.7 Å². The summed E-state index contributed by atoms with van der Waals surface area (Å²) in [5.74, 6) is 1.38. The highest BCUT2D eigenvalue weighted by atomic mass is 32.2. The largest absolute Gasteiger partial charge is 0.497 e. The van der Waals surface area contributed by atoms with Crippen LogP contribution in [-0.2, 0) is 11.2 Å². The average molecular weight is 533 g/mol. The molecule has 1 atom stereocenters. The van der Waals surface area contributed by atoms with E-state index in [0.717, 1.165) is 28.2 Å². The van der Waals surface area contributed by atoms with E-state index >= 15 is 0 Å². The van der Waals surface area contributed by atoms with Crippen LogP contribution >= 0.6 is 23.1 Å². The summed E-state index contributed by atoms with van der Waals surface area (Å²) in [7, 11) is 3.15. The molecular weight excluding hydrogens is 508 g/mol. The van der Waals surface area contributed by atoms with Crippen molar-refractivity contribution in [2.75, 3.05) is 19.5 Å². The van der Waals surface area contributed by atoms with Crippen molar-refractivity contribution in [2.45, 2.75) is 23.8 Å². The van der Waals surface area contributed by atoms with Crippen molar-refractivity contribution in [1.82, 2.24) is 15.2 Å². The Balaban J connectivity index is 1.18. The van der Waals surface area contributed by atoms with Crippen LogP contribution in [0.15, 0.2) is 76.4 Å². The van der Waals surface area contributed by atoms with Crippen molar-refractivity contribution in [3.8, 4) is 23.0 Å². The zero-order valence-electron chi connectivity index (χ0n) is 20.4. The van der Waals surface area contributed by atoms with E-state index in [9.17, 15) is 4.79 Å². The smallest absolute Gasteiger partial charge is 0.277 e. The number of nitrogens with one attached hydrogen (secondary N) is 1. The number of carbonyl (C=O) groups is 1. The molecule has 1 N–H and O–H groups in total. The second kappa shape index (κ2) is 11.0. The van der Waals surface area contributed by atoms with E-state index in [1.54, 1.807) is 50.7 Å². The molecule has 0 radical (unpaired) electrons. The van der Waals surface area contributed by atoms with Crippen molar-refractivity contribution in [3.05, 3.63) is 77.3 Å². The maximum absolute atomic E-state index is 12.8. The lowest BCUT2D eigenvalue weighted by molar-refractivity contribution is -0.115. The topological polar surface area (TPSA) is 99.4 Å². The van der Waals surface area contributed by atoms with Crippen LogP contribution in [0.4, 0.5) is 5.69 Å². The summed E-state index contributed by atoms with van der Waals surface area (Å²) in [6, 6.07) is 21.3. The van der Waals surface area contributed by atoms with Gasteiger partial charge in [0.25, 0.3) is 5.22 Å². The predicted molar refractivity (Wildman–Crippen MR) is 146 cm³/mol. The Labute approximate surface area is 222 Å². The third-order valence-corrected chi connectivity index (χ3v) is 7.54. The number of ether oxygens (including phenoxy) is 2. The van der Waals surface area contributed by atoms with Crippen molar-refractivity contribution in [2.24, 2.45) is 0 Å². The summed E-state index contributed by atoms with van der Waals surface area (Å²) in [4.78, 5) is 17.5. The minimum atomic E-state index is -0.449.